The summed E-state index contributed by atoms with van der Waals surface area (Å²) in [6.45, 7) is 14.8. The molecule has 0 saturated carbocycles. The minimum Gasteiger partial charge on any atom is -0.308 e. The first-order valence-electron chi connectivity index (χ1n) is 27.6. The van der Waals surface area contributed by atoms with Crippen molar-refractivity contribution in [3.63, 3.8) is 0 Å². The van der Waals surface area contributed by atoms with Gasteiger partial charge in [-0.25, -0.2) is 74.8 Å². The fraction of sp³-hybridized carbons (Fsp3) is 0.119. The van der Waals surface area contributed by atoms with Gasteiger partial charge < -0.3 is 9.13 Å². The summed E-state index contributed by atoms with van der Waals surface area (Å²) >= 11 is 0. The van der Waals surface area contributed by atoms with E-state index in [0.29, 0.717) is 115 Å². The summed E-state index contributed by atoms with van der Waals surface area (Å²) in [6.07, 6.45) is 0. The van der Waals surface area contributed by atoms with Crippen molar-refractivity contribution in [1.29, 1.82) is 10.5 Å². The van der Waals surface area contributed by atoms with E-state index in [1.807, 2.05) is 134 Å². The van der Waals surface area contributed by atoms with Gasteiger partial charge in [0.15, 0.2) is 40.8 Å². The molecule has 0 spiro atoms. The van der Waals surface area contributed by atoms with E-state index in [0.717, 1.165) is 65.9 Å². The van der Waals surface area contributed by atoms with Crippen LogP contribution in [-0.4, -0.2) is 83.9 Å². The summed E-state index contributed by atoms with van der Waals surface area (Å²) < 4.78 is 4.31. The number of rotatable bonds is 9. The predicted molar refractivity (Wildman–Crippen MR) is 327 cm³/mol. The summed E-state index contributed by atoms with van der Waals surface area (Å²) in [7, 11) is 0. The lowest BCUT2D eigenvalue weighted by Crippen LogP contribution is -2.06. The molecular weight excluding hydrogens is 1070 g/mol. The average molecular weight is 1120 g/mol. The molecule has 7 aromatic heterocycles. The topological polar surface area (TPSA) is 251 Å². The lowest BCUT2D eigenvalue weighted by atomic mass is 10.1. The first-order chi connectivity index (χ1) is 41.7. The molecule has 14 rings (SSSR count). The average Bonchev–Trinajstić information content (AvgIpc) is 1.65. The Kier molecular flexibility index (Phi) is 12.5. The highest BCUT2D eigenvalue weighted by molar-refractivity contribution is 6.13. The monoisotopic (exact) mass is 1120 g/mol. The fourth-order valence-electron chi connectivity index (χ4n) is 11.4. The van der Waals surface area contributed by atoms with Gasteiger partial charge in [-0.05, 0) is 116 Å². The minimum absolute atomic E-state index is 0.261. The van der Waals surface area contributed by atoms with E-state index < -0.39 is 0 Å². The molecule has 0 radical (unpaired) electrons. The maximum atomic E-state index is 10.8. The molecule has 0 saturated heterocycles. The van der Waals surface area contributed by atoms with Crippen LogP contribution in [0, 0.1) is 78.1 Å². The summed E-state index contributed by atoms with van der Waals surface area (Å²) in [5, 5.41) is 25.3. The molecule has 19 heteroatoms. The lowest BCUT2D eigenvalue weighted by Gasteiger charge is -2.17. The van der Waals surface area contributed by atoms with Crippen molar-refractivity contribution in [2.45, 2.75) is 55.4 Å². The molecule has 7 aromatic carbocycles. The van der Waals surface area contributed by atoms with Crippen LogP contribution < -0.4 is 0 Å². The van der Waals surface area contributed by atoms with Crippen molar-refractivity contribution in [2.75, 3.05) is 0 Å². The number of fused-ring (bicyclic) bond motifs is 6. The van der Waals surface area contributed by atoms with Crippen LogP contribution in [-0.2, 0) is 0 Å². The molecular formula is C67H47N19. The minimum atomic E-state index is 0.261. The Labute approximate surface area is 491 Å². The number of hydrogen-bond acceptors (Lipinski definition) is 17. The second kappa shape index (κ2) is 20.6. The van der Waals surface area contributed by atoms with Crippen molar-refractivity contribution < 1.29 is 0 Å². The quantitative estimate of drug-likeness (QED) is 0.130. The van der Waals surface area contributed by atoms with E-state index in [4.69, 9.17) is 54.8 Å². The zero-order valence-electron chi connectivity index (χ0n) is 47.8. The Hall–Kier alpha value is -11.8. The molecule has 0 fully saturated rings. The Bertz CT molecular complexity index is 4660. The molecule has 19 nitrogen and oxygen atoms in total. The summed E-state index contributed by atoms with van der Waals surface area (Å²) in [6, 6.07) is 50.2. The Morgan fingerprint density at radius 2 is 0.547 bits per heavy atom. The third-order valence-corrected chi connectivity index (χ3v) is 14.9. The van der Waals surface area contributed by atoms with Gasteiger partial charge in [0.2, 0.25) is 0 Å². The zero-order valence-corrected chi connectivity index (χ0v) is 47.8. The van der Waals surface area contributed by atoms with Crippen molar-refractivity contribution in [2.24, 2.45) is 0 Å². The Morgan fingerprint density at radius 1 is 0.267 bits per heavy atom. The van der Waals surface area contributed by atoms with Gasteiger partial charge >= 0.3 is 0 Å². The number of nitriles is 2. The fourth-order valence-corrected chi connectivity index (χ4v) is 11.4. The van der Waals surface area contributed by atoms with Gasteiger partial charge in [0.05, 0.1) is 56.7 Å². The molecule has 0 bridgehead atoms. The van der Waals surface area contributed by atoms with Crippen LogP contribution in [0.1, 0.15) is 57.7 Å². The van der Waals surface area contributed by atoms with Crippen LogP contribution >= 0.6 is 0 Å². The van der Waals surface area contributed by atoms with Crippen LogP contribution in [0.5, 0.6) is 0 Å². The van der Waals surface area contributed by atoms with E-state index in [-0.39, 0.29) is 11.6 Å². The maximum absolute atomic E-state index is 10.8. The zero-order chi connectivity index (χ0) is 59.1. The van der Waals surface area contributed by atoms with Crippen molar-refractivity contribution in [3.05, 3.63) is 197 Å². The number of hydrogen-bond donors (Lipinski definition) is 0. The number of aromatic nitrogens is 17. The molecule has 14 aromatic rings. The molecule has 0 aliphatic rings. The molecule has 0 atom stereocenters. The van der Waals surface area contributed by atoms with Gasteiger partial charge in [-0.2, -0.15) is 10.5 Å². The molecule has 0 aliphatic carbocycles. The van der Waals surface area contributed by atoms with Crippen LogP contribution in [0.3, 0.4) is 0 Å². The normalized spacial score (nSPS) is 11.5. The Balaban J connectivity index is 1.06. The SMILES string of the molecule is Cc1nc(C)nc(-c2ccc3c4ccc(-c5nc(C)nc(C)n5)cc4n(-c4ccc(C#N)cc4-c4nc(-c5ccccc5)nc(-c5cc(C#N)ccc5-n5c6cc(-c7nc(C)nc(C)n7)ccc6c6ccc(-c7nc(C)nc(C)n7)cc65)n4)c3c2)n1. The van der Waals surface area contributed by atoms with Gasteiger partial charge in [0.25, 0.3) is 0 Å². The summed E-state index contributed by atoms with van der Waals surface area (Å²) in [5.41, 5.74) is 10.2. The van der Waals surface area contributed by atoms with Gasteiger partial charge in [0, 0.05) is 60.5 Å². The van der Waals surface area contributed by atoms with E-state index in [2.05, 4.69) is 89.7 Å². The Morgan fingerprint density at radius 3 is 0.837 bits per heavy atom. The molecule has 0 N–H and O–H groups in total. The number of aryl methyl sites for hydroxylation is 8. The second-order valence-corrected chi connectivity index (χ2v) is 21.0. The van der Waals surface area contributed by atoms with Gasteiger partial charge in [-0.1, -0.05) is 78.9 Å². The highest BCUT2D eigenvalue weighted by atomic mass is 15.1. The van der Waals surface area contributed by atoms with Crippen molar-refractivity contribution in [1.82, 2.24) is 83.9 Å². The molecule has 0 unspecified atom stereocenters. The van der Waals surface area contributed by atoms with Crippen LogP contribution in [0.2, 0.25) is 0 Å². The van der Waals surface area contributed by atoms with Crippen molar-refractivity contribution in [3.8, 4) is 103 Å². The first kappa shape index (κ1) is 52.3. The highest BCUT2D eigenvalue weighted by Gasteiger charge is 2.25. The second-order valence-electron chi connectivity index (χ2n) is 21.0. The largest absolute Gasteiger partial charge is 0.308 e. The third-order valence-electron chi connectivity index (χ3n) is 14.9. The van der Waals surface area contributed by atoms with Crippen LogP contribution in [0.4, 0.5) is 0 Å². The predicted octanol–water partition coefficient (Wildman–Crippen LogP) is 12.7. The summed E-state index contributed by atoms with van der Waals surface area (Å²) in [4.78, 5) is 72.1. The van der Waals surface area contributed by atoms with Gasteiger partial charge in [0.1, 0.15) is 46.6 Å². The van der Waals surface area contributed by atoms with E-state index in [1.54, 1.807) is 12.1 Å². The third kappa shape index (κ3) is 9.31. The summed E-state index contributed by atoms with van der Waals surface area (Å²) in [5.74, 6) is 7.76. The molecule has 0 aliphatic heterocycles. The molecule has 410 valence electrons. The smallest absolute Gasteiger partial charge is 0.166 e. The molecule has 7 heterocycles. The maximum Gasteiger partial charge on any atom is 0.166 e. The lowest BCUT2D eigenvalue weighted by molar-refractivity contribution is 0.928. The van der Waals surface area contributed by atoms with Gasteiger partial charge in [-0.3, -0.25) is 0 Å². The van der Waals surface area contributed by atoms with Crippen molar-refractivity contribution >= 4 is 43.6 Å². The van der Waals surface area contributed by atoms with Gasteiger partial charge in [-0.15, -0.1) is 0 Å². The highest BCUT2D eigenvalue weighted by Crippen LogP contribution is 2.42. The first-order valence-corrected chi connectivity index (χ1v) is 27.6. The molecule has 0 amide bonds. The number of benzene rings is 7. The standard InChI is InChI=1S/C67H47N19/c1-34-70-35(2)75-62(74-34)45-16-20-49-50-21-17-46(63-76-36(3)71-37(4)77-63)29-58(50)85(57(49)28-45)55-24-14-42(32-68)26-53(55)66-82-61(44-12-10-9-11-13-44)83-67(84-66)54-27-43(33-69)15-25-56(54)86-59-30-47(64-78-38(5)72-39(6)79-64)18-22-51(59)52-23-19-48(31-60(52)86)65-80-40(7)73-41(8)81-65/h9-31H,1-8H3. The van der Waals surface area contributed by atoms with E-state index in [1.165, 1.54) is 0 Å². The van der Waals surface area contributed by atoms with E-state index >= 15 is 0 Å². The number of nitrogens with zero attached hydrogens (tertiary/aromatic N) is 19. The molecule has 86 heavy (non-hydrogen) atoms. The van der Waals surface area contributed by atoms with Crippen LogP contribution in [0.25, 0.3) is 135 Å². The van der Waals surface area contributed by atoms with E-state index in [9.17, 15) is 10.5 Å². The van der Waals surface area contributed by atoms with Crippen LogP contribution in [0.15, 0.2) is 140 Å².